The summed E-state index contributed by atoms with van der Waals surface area (Å²) in [5, 5.41) is 16.6. The lowest BCUT2D eigenvalue weighted by Crippen LogP contribution is -2.49. The molecular weight excluding hydrogens is 460 g/mol. The molecule has 0 radical (unpaired) electrons. The zero-order chi connectivity index (χ0) is 25.5. The summed E-state index contributed by atoms with van der Waals surface area (Å²) in [4.78, 5) is 11.8. The first-order valence-electron chi connectivity index (χ1n) is 13.4. The van der Waals surface area contributed by atoms with E-state index in [2.05, 4.69) is 38.7 Å². The van der Waals surface area contributed by atoms with Gasteiger partial charge in [0.2, 0.25) is 5.95 Å². The summed E-state index contributed by atoms with van der Waals surface area (Å²) in [6.45, 7) is 3.07. The Morgan fingerprint density at radius 3 is 2.59 bits per heavy atom. The third-order valence-electron chi connectivity index (χ3n) is 7.72. The topological polar surface area (TPSA) is 86.1 Å². The van der Waals surface area contributed by atoms with Crippen molar-refractivity contribution in [3.05, 3.63) is 66.4 Å². The van der Waals surface area contributed by atoms with E-state index in [0.717, 1.165) is 43.1 Å². The number of hydrogen-bond acceptors (Lipinski definition) is 7. The summed E-state index contributed by atoms with van der Waals surface area (Å²) >= 11 is 0. The zero-order valence-electron chi connectivity index (χ0n) is 21.6. The van der Waals surface area contributed by atoms with Crippen molar-refractivity contribution in [1.82, 2.24) is 15.3 Å². The maximum atomic E-state index is 9.08. The Labute approximate surface area is 219 Å². The molecule has 1 aliphatic carbocycles. The highest BCUT2D eigenvalue weighted by Gasteiger charge is 2.27. The highest BCUT2D eigenvalue weighted by molar-refractivity contribution is 5.61. The van der Waals surface area contributed by atoms with Crippen LogP contribution < -0.4 is 20.3 Å². The predicted molar refractivity (Wildman–Crippen MR) is 148 cm³/mol. The Kier molecular flexibility index (Phi) is 8.17. The van der Waals surface area contributed by atoms with E-state index in [1.165, 1.54) is 37.8 Å². The second kappa shape index (κ2) is 12.1. The van der Waals surface area contributed by atoms with E-state index in [1.807, 2.05) is 48.7 Å². The van der Waals surface area contributed by atoms with Crippen molar-refractivity contribution in [2.45, 2.75) is 50.6 Å². The third kappa shape index (κ3) is 6.39. The minimum absolute atomic E-state index is 0.366. The van der Waals surface area contributed by atoms with E-state index in [9.17, 15) is 0 Å². The number of nitrogens with one attached hydrogen (secondary N) is 2. The highest BCUT2D eigenvalue weighted by Crippen LogP contribution is 2.28. The van der Waals surface area contributed by atoms with Gasteiger partial charge in [0.05, 0.1) is 24.4 Å². The van der Waals surface area contributed by atoms with Gasteiger partial charge >= 0.3 is 0 Å². The van der Waals surface area contributed by atoms with Gasteiger partial charge in [0.1, 0.15) is 5.75 Å². The van der Waals surface area contributed by atoms with Crippen LogP contribution in [0.2, 0.25) is 0 Å². The van der Waals surface area contributed by atoms with Crippen LogP contribution in [0.4, 0.5) is 11.6 Å². The smallest absolute Gasteiger partial charge is 0.223 e. The van der Waals surface area contributed by atoms with Crippen molar-refractivity contribution < 1.29 is 4.74 Å². The van der Waals surface area contributed by atoms with Crippen LogP contribution in [0.1, 0.15) is 44.1 Å². The van der Waals surface area contributed by atoms with Gasteiger partial charge in [0.25, 0.3) is 0 Å². The molecule has 3 atom stereocenters. The first-order valence-corrected chi connectivity index (χ1v) is 13.4. The summed E-state index contributed by atoms with van der Waals surface area (Å²) in [6, 6.07) is 21.0. The molecule has 2 fully saturated rings. The number of piperidine rings is 1. The maximum absolute atomic E-state index is 9.08. The molecule has 0 bridgehead atoms. The molecule has 192 valence electrons. The first kappa shape index (κ1) is 25.0. The molecule has 1 aliphatic heterocycles. The predicted octanol–water partition coefficient (Wildman–Crippen LogP) is 5.25. The standard InChI is InChI=1S/C30H36N6O/c1-37-27-14-10-23(11-15-27)29-16-17-32-30(35-29)34-28-7-3-2-5-24(28)20-33-25-6-4-18-36(21-25)26-12-8-22(19-31)9-13-26/h8-17,24-25,28,33H,2-7,18,20-21H2,1H3,(H,32,34,35)/t24?,25-,28+/m0/s1. The van der Waals surface area contributed by atoms with Crippen LogP contribution in [0.15, 0.2) is 60.8 Å². The van der Waals surface area contributed by atoms with Crippen molar-refractivity contribution in [2.75, 3.05) is 37.0 Å². The molecule has 0 amide bonds. The summed E-state index contributed by atoms with van der Waals surface area (Å²) in [7, 11) is 1.68. The fourth-order valence-electron chi connectivity index (χ4n) is 5.60. The number of anilines is 2. The molecule has 1 unspecified atom stereocenters. The number of nitriles is 1. The molecule has 2 N–H and O–H groups in total. The van der Waals surface area contributed by atoms with Crippen LogP contribution >= 0.6 is 0 Å². The lowest BCUT2D eigenvalue weighted by molar-refractivity contribution is 0.291. The van der Waals surface area contributed by atoms with Crippen LogP contribution in [0, 0.1) is 17.2 Å². The molecule has 0 spiro atoms. The van der Waals surface area contributed by atoms with Gasteiger partial charge in [0.15, 0.2) is 0 Å². The quantitative estimate of drug-likeness (QED) is 0.440. The number of nitrogens with zero attached hydrogens (tertiary/aromatic N) is 4. The number of methoxy groups -OCH3 is 1. The fourth-order valence-corrected chi connectivity index (χ4v) is 5.60. The van der Waals surface area contributed by atoms with Crippen LogP contribution in [0.5, 0.6) is 5.75 Å². The van der Waals surface area contributed by atoms with Gasteiger partial charge in [0, 0.05) is 49.2 Å². The minimum atomic E-state index is 0.366. The summed E-state index contributed by atoms with van der Waals surface area (Å²) in [6.07, 6.45) is 9.09. The number of ether oxygens (including phenoxy) is 1. The zero-order valence-corrected chi connectivity index (χ0v) is 21.6. The number of rotatable bonds is 8. The van der Waals surface area contributed by atoms with E-state index < -0.39 is 0 Å². The number of benzene rings is 2. The molecule has 1 saturated heterocycles. The molecule has 3 aromatic rings. The summed E-state index contributed by atoms with van der Waals surface area (Å²) < 4.78 is 5.28. The Bertz CT molecular complexity index is 1190. The molecule has 7 heteroatoms. The normalized spacial score (nSPS) is 21.7. The molecule has 5 rings (SSSR count). The maximum Gasteiger partial charge on any atom is 0.223 e. The average molecular weight is 497 g/mol. The Morgan fingerprint density at radius 1 is 1.00 bits per heavy atom. The Balaban J connectivity index is 1.18. The van der Waals surface area contributed by atoms with Gasteiger partial charge in [-0.3, -0.25) is 0 Å². The van der Waals surface area contributed by atoms with Gasteiger partial charge in [-0.1, -0.05) is 12.8 Å². The SMILES string of the molecule is COc1ccc(-c2ccnc(N[C@@H]3CCCCC3CN[C@H]3CCCN(c4ccc(C#N)cc4)C3)n2)cc1. The second-order valence-corrected chi connectivity index (χ2v) is 10.1. The third-order valence-corrected chi connectivity index (χ3v) is 7.72. The molecule has 2 aromatic carbocycles. The van der Waals surface area contributed by atoms with Gasteiger partial charge < -0.3 is 20.3 Å². The minimum Gasteiger partial charge on any atom is -0.497 e. The Hall–Kier alpha value is -3.63. The molecular formula is C30H36N6O. The largest absolute Gasteiger partial charge is 0.497 e. The van der Waals surface area contributed by atoms with Gasteiger partial charge in [-0.15, -0.1) is 0 Å². The molecule has 1 saturated carbocycles. The second-order valence-electron chi connectivity index (χ2n) is 10.1. The van der Waals surface area contributed by atoms with Crippen LogP contribution in [-0.4, -0.2) is 48.8 Å². The lowest BCUT2D eigenvalue weighted by Gasteiger charge is -2.37. The van der Waals surface area contributed by atoms with Crippen molar-refractivity contribution in [2.24, 2.45) is 5.92 Å². The van der Waals surface area contributed by atoms with Gasteiger partial charge in [-0.25, -0.2) is 9.97 Å². The monoisotopic (exact) mass is 496 g/mol. The van der Waals surface area contributed by atoms with Crippen LogP contribution in [-0.2, 0) is 0 Å². The molecule has 1 aromatic heterocycles. The van der Waals surface area contributed by atoms with Crippen molar-refractivity contribution in [1.29, 1.82) is 5.26 Å². The van der Waals surface area contributed by atoms with E-state index in [4.69, 9.17) is 15.0 Å². The van der Waals surface area contributed by atoms with Gasteiger partial charge in [-0.05, 0) is 86.2 Å². The van der Waals surface area contributed by atoms with Crippen LogP contribution in [0.25, 0.3) is 11.3 Å². The van der Waals surface area contributed by atoms with Crippen molar-refractivity contribution >= 4 is 11.6 Å². The van der Waals surface area contributed by atoms with Crippen molar-refractivity contribution in [3.8, 4) is 23.1 Å². The molecule has 2 aliphatic rings. The van der Waals surface area contributed by atoms with E-state index in [-0.39, 0.29) is 0 Å². The average Bonchev–Trinajstić information content (AvgIpc) is 2.97. The molecule has 37 heavy (non-hydrogen) atoms. The number of hydrogen-bond donors (Lipinski definition) is 2. The summed E-state index contributed by atoms with van der Waals surface area (Å²) in [5.41, 5.74) is 3.88. The van der Waals surface area contributed by atoms with Crippen LogP contribution in [0.3, 0.4) is 0 Å². The Morgan fingerprint density at radius 2 is 1.81 bits per heavy atom. The van der Waals surface area contributed by atoms with E-state index in [0.29, 0.717) is 29.5 Å². The highest BCUT2D eigenvalue weighted by atomic mass is 16.5. The van der Waals surface area contributed by atoms with E-state index in [1.54, 1.807) is 7.11 Å². The summed E-state index contributed by atoms with van der Waals surface area (Å²) in [5.74, 6) is 2.09. The molecule has 2 heterocycles. The number of aromatic nitrogens is 2. The lowest BCUT2D eigenvalue weighted by atomic mass is 9.84. The van der Waals surface area contributed by atoms with Gasteiger partial charge in [-0.2, -0.15) is 5.26 Å². The van der Waals surface area contributed by atoms with Crippen molar-refractivity contribution in [3.63, 3.8) is 0 Å². The first-order chi connectivity index (χ1) is 18.2. The fraction of sp³-hybridized carbons (Fsp3) is 0.433. The molecule has 7 nitrogen and oxygen atoms in total. The van der Waals surface area contributed by atoms with E-state index >= 15 is 0 Å².